The Labute approximate surface area is 184 Å². The third kappa shape index (κ3) is 5.37. The molecular weight excluding hydrogens is 394 g/mol. The smallest absolute Gasteiger partial charge is 0.223 e. The summed E-state index contributed by atoms with van der Waals surface area (Å²) in [5.41, 5.74) is 1.11. The topological polar surface area (TPSA) is 38.8 Å². The molecule has 0 spiro atoms. The minimum Gasteiger partial charge on any atom is -0.493 e. The third-order valence-corrected chi connectivity index (χ3v) is 7.40. The maximum absolute atomic E-state index is 13.3. The van der Waals surface area contributed by atoms with Crippen LogP contribution in [0.2, 0.25) is 0 Å². The molecule has 2 aromatic rings. The number of thiophene rings is 1. The molecule has 4 nitrogen and oxygen atoms in total. The molecule has 1 amide bonds. The van der Waals surface area contributed by atoms with Gasteiger partial charge in [-0.05, 0) is 60.7 Å². The molecule has 30 heavy (non-hydrogen) atoms. The Bertz CT molecular complexity index is 808. The highest BCUT2D eigenvalue weighted by molar-refractivity contribution is 7.09. The number of nitrogens with zero attached hydrogens (tertiary/aromatic N) is 1. The van der Waals surface area contributed by atoms with Gasteiger partial charge in [0.05, 0.1) is 7.11 Å². The summed E-state index contributed by atoms with van der Waals surface area (Å²) in [6.07, 6.45) is 10.4. The van der Waals surface area contributed by atoms with Crippen molar-refractivity contribution in [2.24, 2.45) is 5.92 Å². The molecule has 0 N–H and O–H groups in total. The summed E-state index contributed by atoms with van der Waals surface area (Å²) in [5, 5.41) is 2.06. The predicted octanol–water partition coefficient (Wildman–Crippen LogP) is 6.19. The first-order chi connectivity index (χ1) is 14.7. The summed E-state index contributed by atoms with van der Waals surface area (Å²) < 4.78 is 11.6. The van der Waals surface area contributed by atoms with Crippen LogP contribution in [-0.4, -0.2) is 24.0 Å². The predicted molar refractivity (Wildman–Crippen MR) is 121 cm³/mol. The minimum absolute atomic E-state index is 0.339. The Morgan fingerprint density at radius 1 is 1.07 bits per heavy atom. The van der Waals surface area contributed by atoms with Gasteiger partial charge in [-0.1, -0.05) is 37.8 Å². The average Bonchev–Trinajstić information content (AvgIpc) is 3.54. The second kappa shape index (κ2) is 10.3. The van der Waals surface area contributed by atoms with Gasteiger partial charge in [0.2, 0.25) is 5.91 Å². The van der Waals surface area contributed by atoms with Gasteiger partial charge in [-0.3, -0.25) is 4.79 Å². The quantitative estimate of drug-likeness (QED) is 0.479. The number of carbonyl (C=O) groups excluding carboxylic acids is 1. The lowest BCUT2D eigenvalue weighted by Gasteiger charge is -2.30. The van der Waals surface area contributed by atoms with Crippen LogP contribution in [0.3, 0.4) is 0 Å². The van der Waals surface area contributed by atoms with E-state index in [4.69, 9.17) is 9.47 Å². The van der Waals surface area contributed by atoms with Crippen LogP contribution >= 0.6 is 11.3 Å². The number of benzene rings is 1. The van der Waals surface area contributed by atoms with Crippen molar-refractivity contribution in [1.29, 1.82) is 0 Å². The molecule has 4 rings (SSSR count). The van der Waals surface area contributed by atoms with Crippen molar-refractivity contribution in [2.75, 3.05) is 7.11 Å². The normalized spacial score (nSPS) is 17.4. The third-order valence-electron chi connectivity index (χ3n) is 6.55. The molecule has 1 heterocycles. The van der Waals surface area contributed by atoms with E-state index in [1.54, 1.807) is 18.4 Å². The van der Waals surface area contributed by atoms with Crippen molar-refractivity contribution in [1.82, 2.24) is 4.90 Å². The fourth-order valence-corrected chi connectivity index (χ4v) is 5.50. The van der Waals surface area contributed by atoms with E-state index in [0.717, 1.165) is 29.9 Å². The Hall–Kier alpha value is -2.01. The van der Waals surface area contributed by atoms with Gasteiger partial charge in [-0.2, -0.15) is 0 Å². The molecule has 2 fully saturated rings. The lowest BCUT2D eigenvalue weighted by atomic mass is 10.0. The van der Waals surface area contributed by atoms with Crippen molar-refractivity contribution in [2.45, 2.75) is 77.0 Å². The molecule has 0 saturated heterocycles. The Morgan fingerprint density at radius 3 is 2.53 bits per heavy atom. The maximum Gasteiger partial charge on any atom is 0.223 e. The van der Waals surface area contributed by atoms with Gasteiger partial charge in [0.1, 0.15) is 6.61 Å². The van der Waals surface area contributed by atoms with Crippen LogP contribution in [0.15, 0.2) is 35.7 Å². The maximum atomic E-state index is 13.3. The van der Waals surface area contributed by atoms with Crippen LogP contribution in [0.1, 0.15) is 68.2 Å². The fraction of sp³-hybridized carbons (Fsp3) is 0.560. The van der Waals surface area contributed by atoms with Gasteiger partial charge in [0.25, 0.3) is 0 Å². The molecule has 1 aromatic carbocycles. The van der Waals surface area contributed by atoms with Crippen molar-refractivity contribution in [3.05, 3.63) is 46.2 Å². The number of hydrogen-bond acceptors (Lipinski definition) is 4. The average molecular weight is 428 g/mol. The number of methoxy groups -OCH3 is 1. The van der Waals surface area contributed by atoms with Gasteiger partial charge in [0, 0.05) is 23.9 Å². The molecule has 0 radical (unpaired) electrons. The zero-order chi connectivity index (χ0) is 20.8. The Kier molecular flexibility index (Phi) is 7.32. The van der Waals surface area contributed by atoms with E-state index in [9.17, 15) is 4.79 Å². The number of carbonyl (C=O) groups is 1. The summed E-state index contributed by atoms with van der Waals surface area (Å²) >= 11 is 1.69. The van der Waals surface area contributed by atoms with E-state index in [1.807, 2.05) is 12.1 Å². The number of ether oxygens (including phenoxy) is 2. The highest BCUT2D eigenvalue weighted by atomic mass is 32.1. The lowest BCUT2D eigenvalue weighted by Crippen LogP contribution is -2.39. The second-order valence-corrected chi connectivity index (χ2v) is 9.70. The van der Waals surface area contributed by atoms with E-state index in [0.29, 0.717) is 37.4 Å². The van der Waals surface area contributed by atoms with Gasteiger partial charge in [-0.15, -0.1) is 11.3 Å². The lowest BCUT2D eigenvalue weighted by molar-refractivity contribution is -0.135. The molecule has 2 aliphatic carbocycles. The first-order valence-electron chi connectivity index (χ1n) is 11.3. The van der Waals surface area contributed by atoms with Crippen LogP contribution in [0.5, 0.6) is 11.5 Å². The van der Waals surface area contributed by atoms with Crippen LogP contribution < -0.4 is 9.47 Å². The molecule has 5 heteroatoms. The van der Waals surface area contributed by atoms with Crippen molar-refractivity contribution < 1.29 is 14.3 Å². The van der Waals surface area contributed by atoms with Crippen molar-refractivity contribution >= 4 is 17.2 Å². The summed E-state index contributed by atoms with van der Waals surface area (Å²) in [7, 11) is 1.67. The molecular formula is C25H33NO3S. The molecule has 2 saturated carbocycles. The zero-order valence-electron chi connectivity index (χ0n) is 18.0. The Morgan fingerprint density at radius 2 is 1.83 bits per heavy atom. The van der Waals surface area contributed by atoms with E-state index < -0.39 is 0 Å². The molecule has 1 aromatic heterocycles. The number of amides is 1. The SMILES string of the molecule is COc1ccc(CN(C(=O)CC2CCCC2)C2CCCC2)cc1OCc1cccs1. The number of rotatable bonds is 9. The van der Waals surface area contributed by atoms with E-state index in [2.05, 4.69) is 28.5 Å². The van der Waals surface area contributed by atoms with Crippen LogP contribution in [0, 0.1) is 5.92 Å². The zero-order valence-corrected chi connectivity index (χ0v) is 18.8. The van der Waals surface area contributed by atoms with Gasteiger partial charge >= 0.3 is 0 Å². The van der Waals surface area contributed by atoms with Crippen LogP contribution in [0.25, 0.3) is 0 Å². The standard InChI is InChI=1S/C25H33NO3S/c1-28-23-13-12-20(15-24(23)29-18-22-11-6-14-30-22)17-26(21-9-4-5-10-21)25(27)16-19-7-2-3-8-19/h6,11-15,19,21H,2-5,7-10,16-18H2,1H3. The summed E-state index contributed by atoms with van der Waals surface area (Å²) in [6, 6.07) is 10.6. The van der Waals surface area contributed by atoms with E-state index >= 15 is 0 Å². The summed E-state index contributed by atoms with van der Waals surface area (Å²) in [5.74, 6) is 2.41. The molecule has 0 atom stereocenters. The van der Waals surface area contributed by atoms with E-state index in [1.165, 1.54) is 43.4 Å². The summed E-state index contributed by atoms with van der Waals surface area (Å²) in [6.45, 7) is 1.19. The highest BCUT2D eigenvalue weighted by Gasteiger charge is 2.29. The van der Waals surface area contributed by atoms with Crippen molar-refractivity contribution in [3.8, 4) is 11.5 Å². The summed E-state index contributed by atoms with van der Waals surface area (Å²) in [4.78, 5) is 16.6. The molecule has 0 bridgehead atoms. The van der Waals surface area contributed by atoms with Gasteiger partial charge in [0.15, 0.2) is 11.5 Å². The minimum atomic E-state index is 0.339. The monoisotopic (exact) mass is 427 g/mol. The molecule has 2 aliphatic rings. The van der Waals surface area contributed by atoms with Gasteiger partial charge < -0.3 is 14.4 Å². The molecule has 0 unspecified atom stereocenters. The Balaban J connectivity index is 1.48. The molecule has 0 aliphatic heterocycles. The van der Waals surface area contributed by atoms with Crippen LogP contribution in [0.4, 0.5) is 0 Å². The number of hydrogen-bond donors (Lipinski definition) is 0. The van der Waals surface area contributed by atoms with E-state index in [-0.39, 0.29) is 0 Å². The highest BCUT2D eigenvalue weighted by Crippen LogP contribution is 2.33. The largest absolute Gasteiger partial charge is 0.493 e. The van der Waals surface area contributed by atoms with Crippen LogP contribution in [-0.2, 0) is 17.9 Å². The van der Waals surface area contributed by atoms with Crippen molar-refractivity contribution in [3.63, 3.8) is 0 Å². The fourth-order valence-electron chi connectivity index (χ4n) is 4.89. The van der Waals surface area contributed by atoms with Gasteiger partial charge in [-0.25, -0.2) is 0 Å². The second-order valence-electron chi connectivity index (χ2n) is 8.67. The first kappa shape index (κ1) is 21.2. The molecule has 162 valence electrons. The first-order valence-corrected chi connectivity index (χ1v) is 12.2.